The van der Waals surface area contributed by atoms with Crippen LogP contribution < -0.4 is 14.5 Å². The molecule has 0 fully saturated rings. The van der Waals surface area contributed by atoms with E-state index in [0.29, 0.717) is 4.90 Å². The van der Waals surface area contributed by atoms with Gasteiger partial charge in [-0.25, -0.2) is 8.42 Å². The molecule has 0 N–H and O–H groups in total. The van der Waals surface area contributed by atoms with Crippen LogP contribution in [0.5, 0.6) is 11.5 Å². The highest BCUT2D eigenvalue weighted by Crippen LogP contribution is 2.51. The number of hydrogen-bond acceptors (Lipinski definition) is 5. The second-order valence-electron chi connectivity index (χ2n) is 12.9. The summed E-state index contributed by atoms with van der Waals surface area (Å²) in [4.78, 5) is 4.89. The van der Waals surface area contributed by atoms with E-state index in [9.17, 15) is 8.42 Å². The van der Waals surface area contributed by atoms with E-state index in [0.717, 1.165) is 52.8 Å². The van der Waals surface area contributed by atoms with Gasteiger partial charge < -0.3 is 14.5 Å². The normalized spacial score (nSPS) is 19.3. The van der Waals surface area contributed by atoms with Crippen LogP contribution in [-0.4, -0.2) is 19.7 Å². The largest absolute Gasteiger partial charge is 0.453 e. The molecule has 0 saturated heterocycles. The third-order valence-electron chi connectivity index (χ3n) is 10.2. The first-order valence-electron chi connectivity index (χ1n) is 16.3. The lowest BCUT2D eigenvalue weighted by molar-refractivity contribution is 0.477. The monoisotopic (exact) mass is 642 g/mol. The maximum atomic E-state index is 13.6. The number of allylic oxidation sites excluding steroid dienone is 2. The predicted molar refractivity (Wildman–Crippen MR) is 192 cm³/mol. The minimum absolute atomic E-state index is 0.299. The number of anilines is 5. The molecule has 0 radical (unpaired) electrons. The summed E-state index contributed by atoms with van der Waals surface area (Å²) in [5.74, 6) is 1.69. The van der Waals surface area contributed by atoms with Crippen molar-refractivity contribution in [3.63, 3.8) is 0 Å². The minimum atomic E-state index is -3.49. The van der Waals surface area contributed by atoms with Crippen molar-refractivity contribution in [3.8, 4) is 11.5 Å². The lowest BCUT2D eigenvalue weighted by Gasteiger charge is -2.42. The van der Waals surface area contributed by atoms with Gasteiger partial charge in [-0.05, 0) is 107 Å². The summed E-state index contributed by atoms with van der Waals surface area (Å²) in [7, 11) is -3.49. The molecule has 0 aromatic heterocycles. The van der Waals surface area contributed by atoms with Gasteiger partial charge in [0.25, 0.3) is 0 Å². The van der Waals surface area contributed by atoms with Crippen molar-refractivity contribution in [2.24, 2.45) is 0 Å². The Morgan fingerprint density at radius 2 is 1.19 bits per heavy atom. The Morgan fingerprint density at radius 1 is 0.562 bits per heavy atom. The molecule has 4 aliphatic rings. The first kappa shape index (κ1) is 27.5. The van der Waals surface area contributed by atoms with E-state index in [4.69, 9.17) is 4.74 Å². The quantitative estimate of drug-likeness (QED) is 0.188. The topological polar surface area (TPSA) is 49.9 Å². The van der Waals surface area contributed by atoms with Gasteiger partial charge in [0.05, 0.1) is 28.0 Å². The van der Waals surface area contributed by atoms with Crippen LogP contribution in [0.25, 0.3) is 10.8 Å². The van der Waals surface area contributed by atoms with Crippen molar-refractivity contribution < 1.29 is 13.2 Å². The van der Waals surface area contributed by atoms with Gasteiger partial charge in [-0.3, -0.25) is 0 Å². The molecule has 2 atom stereocenters. The van der Waals surface area contributed by atoms with Crippen LogP contribution in [-0.2, 0) is 22.7 Å². The van der Waals surface area contributed by atoms with Gasteiger partial charge >= 0.3 is 0 Å². The Bertz CT molecular complexity index is 2450. The van der Waals surface area contributed by atoms with Crippen LogP contribution in [0.4, 0.5) is 28.4 Å². The molecule has 48 heavy (non-hydrogen) atoms. The first-order valence-corrected chi connectivity index (χ1v) is 17.9. The maximum Gasteiger partial charge on any atom is 0.189 e. The zero-order chi connectivity index (χ0) is 32.0. The molecular weight excluding hydrogens is 613 g/mol. The van der Waals surface area contributed by atoms with E-state index in [1.54, 1.807) is 6.07 Å². The van der Waals surface area contributed by atoms with E-state index < -0.39 is 15.1 Å². The second-order valence-corrected chi connectivity index (χ2v) is 15.0. The Balaban J connectivity index is 1.02. The number of nitrogens with zero attached hydrogens (tertiary/aromatic N) is 2. The Labute approximate surface area is 279 Å². The van der Waals surface area contributed by atoms with Crippen molar-refractivity contribution in [1.82, 2.24) is 0 Å². The lowest BCUT2D eigenvalue weighted by Crippen LogP contribution is -2.48. The Morgan fingerprint density at radius 3 is 1.98 bits per heavy atom. The smallest absolute Gasteiger partial charge is 0.189 e. The summed E-state index contributed by atoms with van der Waals surface area (Å²) in [6, 6.07) is 41.6. The molecule has 2 aliphatic heterocycles. The summed E-state index contributed by atoms with van der Waals surface area (Å²) < 4.78 is 33.4. The number of para-hydroxylation sites is 5. The lowest BCUT2D eigenvalue weighted by atomic mass is 9.84. The summed E-state index contributed by atoms with van der Waals surface area (Å²) in [5, 5.41) is 1.80. The predicted octanol–water partition coefficient (Wildman–Crippen LogP) is 9.70. The zero-order valence-electron chi connectivity index (χ0n) is 26.0. The van der Waals surface area contributed by atoms with Crippen molar-refractivity contribution in [1.29, 1.82) is 0 Å². The van der Waals surface area contributed by atoms with Crippen molar-refractivity contribution >= 4 is 49.0 Å². The molecule has 6 aromatic rings. The zero-order valence-corrected chi connectivity index (χ0v) is 26.8. The number of hydrogen-bond donors (Lipinski definition) is 0. The van der Waals surface area contributed by atoms with Gasteiger partial charge in [0, 0.05) is 11.4 Å². The minimum Gasteiger partial charge on any atom is -0.453 e. The van der Waals surface area contributed by atoms with Crippen molar-refractivity contribution in [2.75, 3.05) is 9.80 Å². The van der Waals surface area contributed by atoms with Crippen LogP contribution in [0.3, 0.4) is 0 Å². The molecule has 2 unspecified atom stereocenters. The van der Waals surface area contributed by atoms with Gasteiger partial charge in [-0.15, -0.1) is 0 Å². The van der Waals surface area contributed by atoms with Gasteiger partial charge in [0.1, 0.15) is 5.25 Å². The third-order valence-corrected chi connectivity index (χ3v) is 12.3. The molecule has 5 nitrogen and oxygen atoms in total. The van der Waals surface area contributed by atoms with Crippen LogP contribution in [0, 0.1) is 0 Å². The highest BCUT2D eigenvalue weighted by Gasteiger charge is 2.43. The molecule has 10 rings (SSSR count). The summed E-state index contributed by atoms with van der Waals surface area (Å²) >= 11 is 0. The fourth-order valence-corrected chi connectivity index (χ4v) is 9.85. The fraction of sp³-hybridized carbons (Fsp3) is 0.0952. The first-order chi connectivity index (χ1) is 23.5. The Hall–Kier alpha value is -5.59. The summed E-state index contributed by atoms with van der Waals surface area (Å²) in [6.45, 7) is 0. The van der Waals surface area contributed by atoms with Gasteiger partial charge in [-0.1, -0.05) is 85.0 Å². The second kappa shape index (κ2) is 10.2. The van der Waals surface area contributed by atoms with E-state index >= 15 is 0 Å². The molecule has 6 aromatic carbocycles. The molecule has 0 saturated carbocycles. The van der Waals surface area contributed by atoms with Crippen molar-refractivity contribution in [3.05, 3.63) is 168 Å². The average Bonchev–Trinajstić information content (AvgIpc) is 3.12. The van der Waals surface area contributed by atoms with E-state index in [-0.39, 0.29) is 6.04 Å². The summed E-state index contributed by atoms with van der Waals surface area (Å²) in [5.41, 5.74) is 10.2. The number of ether oxygens (including phenoxy) is 1. The van der Waals surface area contributed by atoms with Crippen LogP contribution in [0.15, 0.2) is 151 Å². The van der Waals surface area contributed by atoms with Crippen molar-refractivity contribution in [2.45, 2.75) is 29.0 Å². The van der Waals surface area contributed by atoms with Crippen LogP contribution >= 0.6 is 0 Å². The van der Waals surface area contributed by atoms with Crippen LogP contribution in [0.1, 0.15) is 22.3 Å². The molecular formula is C42H30N2O3S. The number of rotatable bonds is 2. The van der Waals surface area contributed by atoms with Gasteiger partial charge in [0.2, 0.25) is 0 Å². The summed E-state index contributed by atoms with van der Waals surface area (Å²) in [6.07, 6.45) is 9.33. The molecule has 0 bridgehead atoms. The molecule has 6 heteroatoms. The standard InChI is InChI=1S/C42H30N2O3S/c45-48(46)41-15-7-3-11-37(41)44(38-12-4-8-16-42(38)48)34-20-18-28-22-29-23-31-25-33(19-17-27(31)21-30(29)24-32(28)26-34)43-35-9-1-5-13-39(35)47-40-14-6-2-10-36(40)43/h1-21,23,25-26,37,41H,22,24H2. The molecule has 2 heterocycles. The fourth-order valence-electron chi connectivity index (χ4n) is 7.95. The van der Waals surface area contributed by atoms with Gasteiger partial charge in [-0.2, -0.15) is 0 Å². The molecule has 0 amide bonds. The number of sulfone groups is 1. The van der Waals surface area contributed by atoms with E-state index in [1.165, 1.54) is 33.0 Å². The third kappa shape index (κ3) is 4.06. The molecule has 0 spiro atoms. The average molecular weight is 643 g/mol. The maximum absolute atomic E-state index is 13.6. The van der Waals surface area contributed by atoms with Gasteiger partial charge in [0.15, 0.2) is 21.3 Å². The SMILES string of the molecule is O=S1(=O)c2ccccc2N(c2ccc3c(c2)Cc2cc4ccc(N5c6ccccc6Oc6ccccc65)cc4cc2C3)C2C=CC=CC21. The molecule has 232 valence electrons. The number of fused-ring (bicyclic) bond motifs is 7. The molecule has 2 aliphatic carbocycles. The van der Waals surface area contributed by atoms with E-state index in [1.807, 2.05) is 66.8 Å². The van der Waals surface area contributed by atoms with Crippen LogP contribution in [0.2, 0.25) is 0 Å². The highest BCUT2D eigenvalue weighted by atomic mass is 32.2. The Kier molecular flexibility index (Phi) is 5.85. The number of benzene rings is 6. The highest BCUT2D eigenvalue weighted by molar-refractivity contribution is 7.92. The van der Waals surface area contributed by atoms with E-state index in [2.05, 4.69) is 82.6 Å².